The number of nitrogens with zero attached hydrogens (tertiary/aromatic N) is 2. The van der Waals surface area contributed by atoms with Crippen molar-refractivity contribution in [3.63, 3.8) is 0 Å². The molecule has 0 unspecified atom stereocenters. The molecular weight excluding hydrogens is 276 g/mol. The van der Waals surface area contributed by atoms with Crippen LogP contribution in [0.3, 0.4) is 0 Å². The predicted molar refractivity (Wildman–Crippen MR) is 69.2 cm³/mol. The van der Waals surface area contributed by atoms with Gasteiger partial charge in [0, 0.05) is 36.6 Å². The normalized spacial score (nSPS) is 15.7. The third kappa shape index (κ3) is 1.90. The van der Waals surface area contributed by atoms with Crippen molar-refractivity contribution in [2.45, 2.75) is 5.92 Å². The molecule has 1 fully saturated rings. The molecule has 3 rings (SSSR count). The molecule has 0 saturated carbocycles. The van der Waals surface area contributed by atoms with E-state index >= 15 is 0 Å². The molecule has 18 heavy (non-hydrogen) atoms. The molecule has 1 N–H and O–H groups in total. The van der Waals surface area contributed by atoms with Gasteiger partial charge in [-0.2, -0.15) is 0 Å². The Balaban J connectivity index is 2.07. The summed E-state index contributed by atoms with van der Waals surface area (Å²) in [5.74, 6) is -0.163. The quantitative estimate of drug-likeness (QED) is 0.860. The molecule has 94 valence electrons. The Morgan fingerprint density at radius 2 is 1.94 bits per heavy atom. The van der Waals surface area contributed by atoms with Crippen LogP contribution in [-0.2, 0) is 0 Å². The monoisotopic (exact) mass is 285 g/mol. The summed E-state index contributed by atoms with van der Waals surface area (Å²) in [6, 6.07) is 3.11. The molecule has 1 saturated heterocycles. The maximum Gasteiger partial charge on any atom is 0.160 e. The second-order valence-electron chi connectivity index (χ2n) is 4.27. The SMILES string of the molecule is Fc1c(Cl)cc(-n2cncc2C2CNC2)cc1Cl. The van der Waals surface area contributed by atoms with Gasteiger partial charge in [0.2, 0.25) is 0 Å². The standard InChI is InChI=1S/C12H10Cl2FN3/c13-9-1-8(2-10(14)12(9)15)18-6-17-5-11(18)7-3-16-4-7/h1-2,5-7,16H,3-4H2. The van der Waals surface area contributed by atoms with E-state index in [0.29, 0.717) is 5.92 Å². The highest BCUT2D eigenvalue weighted by Crippen LogP contribution is 2.29. The minimum absolute atomic E-state index is 0.0175. The molecule has 0 atom stereocenters. The van der Waals surface area contributed by atoms with Crippen LogP contribution in [0.4, 0.5) is 4.39 Å². The first kappa shape index (κ1) is 12.0. The summed E-state index contributed by atoms with van der Waals surface area (Å²) in [7, 11) is 0. The average Bonchev–Trinajstić information content (AvgIpc) is 2.71. The number of hydrogen-bond acceptors (Lipinski definition) is 2. The van der Waals surface area contributed by atoms with Gasteiger partial charge >= 0.3 is 0 Å². The number of aromatic nitrogens is 2. The first-order valence-corrected chi connectivity index (χ1v) is 6.30. The van der Waals surface area contributed by atoms with E-state index < -0.39 is 5.82 Å². The van der Waals surface area contributed by atoms with Gasteiger partial charge in [-0.05, 0) is 12.1 Å². The minimum atomic E-state index is -0.589. The van der Waals surface area contributed by atoms with Crippen LogP contribution in [0.1, 0.15) is 11.6 Å². The largest absolute Gasteiger partial charge is 0.315 e. The maximum atomic E-state index is 13.4. The third-order valence-corrected chi connectivity index (χ3v) is 3.66. The van der Waals surface area contributed by atoms with E-state index in [1.165, 1.54) is 0 Å². The summed E-state index contributed by atoms with van der Waals surface area (Å²) >= 11 is 11.6. The molecule has 6 heteroatoms. The van der Waals surface area contributed by atoms with E-state index in [1.807, 2.05) is 10.8 Å². The van der Waals surface area contributed by atoms with E-state index in [-0.39, 0.29) is 10.0 Å². The fraction of sp³-hybridized carbons (Fsp3) is 0.250. The van der Waals surface area contributed by atoms with Gasteiger partial charge in [0.1, 0.15) is 0 Å². The van der Waals surface area contributed by atoms with Crippen molar-refractivity contribution in [2.24, 2.45) is 0 Å². The lowest BCUT2D eigenvalue weighted by Gasteiger charge is -2.27. The van der Waals surface area contributed by atoms with Gasteiger partial charge in [0.25, 0.3) is 0 Å². The zero-order valence-electron chi connectivity index (χ0n) is 9.33. The first-order valence-electron chi connectivity index (χ1n) is 5.54. The number of halogens is 3. The number of imidazole rings is 1. The van der Waals surface area contributed by atoms with Crippen molar-refractivity contribution < 1.29 is 4.39 Å². The van der Waals surface area contributed by atoms with Gasteiger partial charge in [-0.1, -0.05) is 23.2 Å². The molecule has 0 aliphatic carbocycles. The van der Waals surface area contributed by atoms with E-state index in [4.69, 9.17) is 23.2 Å². The average molecular weight is 286 g/mol. The van der Waals surface area contributed by atoms with Crippen molar-refractivity contribution in [3.05, 3.63) is 46.2 Å². The fourth-order valence-corrected chi connectivity index (χ4v) is 2.48. The molecule has 2 aromatic rings. The molecule has 0 radical (unpaired) electrons. The van der Waals surface area contributed by atoms with Gasteiger partial charge in [0.15, 0.2) is 5.82 Å². The fourth-order valence-electron chi connectivity index (χ4n) is 2.00. The Hall–Kier alpha value is -1.10. The van der Waals surface area contributed by atoms with Gasteiger partial charge in [-0.25, -0.2) is 9.37 Å². The molecule has 2 heterocycles. The Morgan fingerprint density at radius 3 is 2.50 bits per heavy atom. The van der Waals surface area contributed by atoms with Crippen molar-refractivity contribution >= 4 is 23.2 Å². The molecule has 1 aliphatic heterocycles. The lowest BCUT2D eigenvalue weighted by Crippen LogP contribution is -2.40. The zero-order chi connectivity index (χ0) is 12.7. The summed E-state index contributed by atoms with van der Waals surface area (Å²) in [6.07, 6.45) is 3.50. The minimum Gasteiger partial charge on any atom is -0.315 e. The number of benzene rings is 1. The second-order valence-corrected chi connectivity index (χ2v) is 5.08. The van der Waals surface area contributed by atoms with Crippen LogP contribution in [0.2, 0.25) is 10.0 Å². The van der Waals surface area contributed by atoms with E-state index in [0.717, 1.165) is 24.5 Å². The zero-order valence-corrected chi connectivity index (χ0v) is 10.8. The highest BCUT2D eigenvalue weighted by Gasteiger charge is 2.23. The molecule has 0 bridgehead atoms. The van der Waals surface area contributed by atoms with Crippen LogP contribution in [-0.4, -0.2) is 22.6 Å². The summed E-state index contributed by atoms with van der Waals surface area (Å²) in [4.78, 5) is 4.14. The predicted octanol–water partition coefficient (Wildman–Crippen LogP) is 3.01. The van der Waals surface area contributed by atoms with E-state index in [1.54, 1.807) is 18.5 Å². The number of hydrogen-bond donors (Lipinski definition) is 1. The lowest BCUT2D eigenvalue weighted by atomic mass is 10.00. The Kier molecular flexibility index (Phi) is 3.01. The highest BCUT2D eigenvalue weighted by atomic mass is 35.5. The number of rotatable bonds is 2. The van der Waals surface area contributed by atoms with Crippen molar-refractivity contribution in [3.8, 4) is 5.69 Å². The third-order valence-electron chi connectivity index (χ3n) is 3.11. The summed E-state index contributed by atoms with van der Waals surface area (Å²) in [5.41, 5.74) is 1.80. The number of nitrogens with one attached hydrogen (secondary N) is 1. The van der Waals surface area contributed by atoms with Crippen LogP contribution < -0.4 is 5.32 Å². The van der Waals surface area contributed by atoms with Crippen LogP contribution in [0.25, 0.3) is 5.69 Å². The molecule has 0 amide bonds. The van der Waals surface area contributed by atoms with Crippen LogP contribution in [0.5, 0.6) is 0 Å². The maximum absolute atomic E-state index is 13.4. The van der Waals surface area contributed by atoms with Crippen molar-refractivity contribution in [1.82, 2.24) is 14.9 Å². The summed E-state index contributed by atoms with van der Waals surface area (Å²) < 4.78 is 15.3. The Morgan fingerprint density at radius 1 is 1.28 bits per heavy atom. The Bertz CT molecular complexity index is 570. The highest BCUT2D eigenvalue weighted by molar-refractivity contribution is 6.35. The van der Waals surface area contributed by atoms with Gasteiger partial charge < -0.3 is 9.88 Å². The van der Waals surface area contributed by atoms with Crippen molar-refractivity contribution in [1.29, 1.82) is 0 Å². The molecule has 3 nitrogen and oxygen atoms in total. The van der Waals surface area contributed by atoms with Crippen molar-refractivity contribution in [2.75, 3.05) is 13.1 Å². The van der Waals surface area contributed by atoms with Crippen LogP contribution in [0, 0.1) is 5.82 Å². The molecule has 1 aliphatic rings. The Labute approximate surface area is 114 Å². The topological polar surface area (TPSA) is 29.9 Å². The molecule has 1 aromatic heterocycles. The van der Waals surface area contributed by atoms with Crippen LogP contribution in [0.15, 0.2) is 24.7 Å². The summed E-state index contributed by atoms with van der Waals surface area (Å²) in [6.45, 7) is 1.85. The van der Waals surface area contributed by atoms with E-state index in [9.17, 15) is 4.39 Å². The van der Waals surface area contributed by atoms with Gasteiger partial charge in [0.05, 0.1) is 16.4 Å². The van der Waals surface area contributed by atoms with Gasteiger partial charge in [-0.3, -0.25) is 0 Å². The molecule has 1 aromatic carbocycles. The molecule has 0 spiro atoms. The van der Waals surface area contributed by atoms with E-state index in [2.05, 4.69) is 10.3 Å². The van der Waals surface area contributed by atoms with Crippen LogP contribution >= 0.6 is 23.2 Å². The smallest absolute Gasteiger partial charge is 0.160 e. The van der Waals surface area contributed by atoms with Gasteiger partial charge in [-0.15, -0.1) is 0 Å². The first-order chi connectivity index (χ1) is 8.66. The molecular formula is C12H10Cl2FN3. The second kappa shape index (κ2) is 4.53. The lowest BCUT2D eigenvalue weighted by molar-refractivity contribution is 0.435. The summed E-state index contributed by atoms with van der Waals surface area (Å²) in [5, 5.41) is 3.24.